The van der Waals surface area contributed by atoms with Crippen molar-refractivity contribution in [2.24, 2.45) is 0 Å². The normalized spacial score (nSPS) is 10.2. The van der Waals surface area contributed by atoms with Crippen LogP contribution in [0.1, 0.15) is 5.69 Å². The van der Waals surface area contributed by atoms with Crippen molar-refractivity contribution in [2.45, 2.75) is 6.92 Å². The molecule has 0 N–H and O–H groups in total. The molecule has 2 rings (SSSR count). The first kappa shape index (κ1) is 7.79. The molecule has 13 heavy (non-hydrogen) atoms. The maximum atomic E-state index is 10.7. The second-order valence-electron chi connectivity index (χ2n) is 2.78. The molecule has 0 radical (unpaired) electrons. The van der Waals surface area contributed by atoms with E-state index in [4.69, 9.17) is 4.52 Å². The van der Waals surface area contributed by atoms with Gasteiger partial charge in [0.25, 0.3) is 0 Å². The molecule has 0 spiro atoms. The molecule has 2 heterocycles. The van der Waals surface area contributed by atoms with Gasteiger partial charge in [-0.3, -0.25) is 0 Å². The molecular weight excluding hydrogens is 168 g/mol. The van der Waals surface area contributed by atoms with Crippen molar-refractivity contribution < 1.29 is 9.25 Å². The van der Waals surface area contributed by atoms with E-state index in [9.17, 15) is 5.21 Å². The van der Waals surface area contributed by atoms with Crippen LogP contribution in [0.4, 0.5) is 0 Å². The van der Waals surface area contributed by atoms with Crippen LogP contribution in [0.2, 0.25) is 0 Å². The number of pyridine rings is 1. The molecule has 0 bridgehead atoms. The predicted molar refractivity (Wildman–Crippen MR) is 45.6 cm³/mol. The summed E-state index contributed by atoms with van der Waals surface area (Å²) < 4.78 is 5.76. The summed E-state index contributed by atoms with van der Waals surface area (Å²) in [6, 6.07) is 5.20. The van der Waals surface area contributed by atoms with Crippen molar-refractivity contribution in [3.05, 3.63) is 41.5 Å². The van der Waals surface area contributed by atoms with Crippen LogP contribution in [0.15, 0.2) is 35.1 Å². The molecule has 2 aromatic heterocycles. The first-order valence-corrected chi connectivity index (χ1v) is 3.88. The fraction of sp³-hybridized carbons (Fsp3) is 0.111. The number of aryl methyl sites for hydroxylation is 1. The zero-order valence-electron chi connectivity index (χ0n) is 7.10. The van der Waals surface area contributed by atoms with Crippen LogP contribution in [0.25, 0.3) is 11.3 Å². The van der Waals surface area contributed by atoms with Gasteiger partial charge in [-0.2, -0.15) is 4.73 Å². The molecule has 0 atom stereocenters. The lowest BCUT2D eigenvalue weighted by Crippen LogP contribution is -2.23. The average molecular weight is 176 g/mol. The summed E-state index contributed by atoms with van der Waals surface area (Å²) in [6.07, 6.45) is 2.85. The summed E-state index contributed by atoms with van der Waals surface area (Å²) in [5.41, 5.74) is 1.68. The van der Waals surface area contributed by atoms with E-state index in [1.165, 1.54) is 12.4 Å². The van der Waals surface area contributed by atoms with Gasteiger partial charge in [-0.15, -0.1) is 0 Å². The first-order chi connectivity index (χ1) is 6.25. The number of rotatable bonds is 1. The Kier molecular flexibility index (Phi) is 1.73. The van der Waals surface area contributed by atoms with Crippen LogP contribution in [0, 0.1) is 12.1 Å². The van der Waals surface area contributed by atoms with Gasteiger partial charge >= 0.3 is 0 Å². The number of hydrogen-bond donors (Lipinski definition) is 0. The van der Waals surface area contributed by atoms with E-state index in [0.717, 1.165) is 16.0 Å². The molecule has 4 heteroatoms. The zero-order valence-corrected chi connectivity index (χ0v) is 7.10. The van der Waals surface area contributed by atoms with E-state index in [1.54, 1.807) is 12.1 Å². The summed E-state index contributed by atoms with van der Waals surface area (Å²) >= 11 is 0. The smallest absolute Gasteiger partial charge is 0.181 e. The number of nitrogens with zero attached hydrogens (tertiary/aromatic N) is 2. The van der Waals surface area contributed by atoms with Crippen LogP contribution < -0.4 is 4.73 Å². The quantitative estimate of drug-likeness (QED) is 0.486. The number of hydrogen-bond acceptors (Lipinski definition) is 3. The van der Waals surface area contributed by atoms with Crippen molar-refractivity contribution in [3.8, 4) is 11.3 Å². The maximum absolute atomic E-state index is 10.7. The summed E-state index contributed by atoms with van der Waals surface area (Å²) in [5, 5.41) is 14.5. The molecule has 0 aliphatic carbocycles. The van der Waals surface area contributed by atoms with Crippen LogP contribution in [0.3, 0.4) is 0 Å². The zero-order chi connectivity index (χ0) is 9.26. The van der Waals surface area contributed by atoms with E-state index in [1.807, 2.05) is 13.0 Å². The third-order valence-electron chi connectivity index (χ3n) is 1.71. The van der Waals surface area contributed by atoms with Crippen LogP contribution in [-0.4, -0.2) is 5.16 Å². The molecule has 0 aromatic carbocycles. The number of aromatic nitrogens is 2. The highest BCUT2D eigenvalue weighted by atomic mass is 16.5. The summed E-state index contributed by atoms with van der Waals surface area (Å²) in [7, 11) is 0. The highest BCUT2D eigenvalue weighted by molar-refractivity contribution is 5.55. The second-order valence-corrected chi connectivity index (χ2v) is 2.78. The van der Waals surface area contributed by atoms with Gasteiger partial charge in [0, 0.05) is 23.8 Å². The van der Waals surface area contributed by atoms with Crippen molar-refractivity contribution in [1.82, 2.24) is 5.16 Å². The fourth-order valence-corrected chi connectivity index (χ4v) is 1.08. The minimum Gasteiger partial charge on any atom is -0.619 e. The highest BCUT2D eigenvalue weighted by Gasteiger charge is 2.04. The van der Waals surface area contributed by atoms with E-state index in [0.29, 0.717) is 5.76 Å². The summed E-state index contributed by atoms with van der Waals surface area (Å²) in [5.74, 6) is 0.679. The van der Waals surface area contributed by atoms with Crippen molar-refractivity contribution >= 4 is 0 Å². The molecule has 4 nitrogen and oxygen atoms in total. The van der Waals surface area contributed by atoms with Crippen LogP contribution in [0.5, 0.6) is 0 Å². The standard InChI is InChI=1S/C9H8N2O2/c1-7-6-9(13-10-7)8-2-4-11(12)5-3-8/h2-6H,1H3. The van der Waals surface area contributed by atoms with Gasteiger partial charge < -0.3 is 9.73 Å². The molecule has 66 valence electrons. The van der Waals surface area contributed by atoms with E-state index < -0.39 is 0 Å². The minimum absolute atomic E-state index is 0.679. The summed E-state index contributed by atoms with van der Waals surface area (Å²) in [4.78, 5) is 0. The third kappa shape index (κ3) is 1.51. The van der Waals surface area contributed by atoms with Gasteiger partial charge in [0.1, 0.15) is 0 Å². The van der Waals surface area contributed by atoms with Gasteiger partial charge in [0.2, 0.25) is 0 Å². The molecule has 0 amide bonds. The SMILES string of the molecule is Cc1cc(-c2cc[n+]([O-])cc2)on1. The molecule has 0 saturated carbocycles. The van der Waals surface area contributed by atoms with E-state index >= 15 is 0 Å². The molecule has 0 aliphatic heterocycles. The Morgan fingerprint density at radius 3 is 2.62 bits per heavy atom. The summed E-state index contributed by atoms with van der Waals surface area (Å²) in [6.45, 7) is 1.85. The Morgan fingerprint density at radius 1 is 1.38 bits per heavy atom. The molecule has 0 aliphatic rings. The van der Waals surface area contributed by atoms with Gasteiger partial charge in [0.05, 0.1) is 5.69 Å². The van der Waals surface area contributed by atoms with Gasteiger partial charge in [-0.1, -0.05) is 5.16 Å². The van der Waals surface area contributed by atoms with Crippen molar-refractivity contribution in [3.63, 3.8) is 0 Å². The first-order valence-electron chi connectivity index (χ1n) is 3.88. The Labute approximate surface area is 75.0 Å². The van der Waals surface area contributed by atoms with Crippen molar-refractivity contribution in [1.29, 1.82) is 0 Å². The predicted octanol–water partition coefficient (Wildman–Crippen LogP) is 1.28. The van der Waals surface area contributed by atoms with Crippen LogP contribution >= 0.6 is 0 Å². The average Bonchev–Trinajstić information content (AvgIpc) is 2.53. The Balaban J connectivity index is 2.41. The second kappa shape index (κ2) is 2.90. The van der Waals surface area contributed by atoms with Crippen LogP contribution in [-0.2, 0) is 0 Å². The Hall–Kier alpha value is -1.84. The lowest BCUT2D eigenvalue weighted by Gasteiger charge is -1.95. The monoisotopic (exact) mass is 176 g/mol. The van der Waals surface area contributed by atoms with Gasteiger partial charge in [0.15, 0.2) is 18.2 Å². The van der Waals surface area contributed by atoms with Gasteiger partial charge in [-0.05, 0) is 6.92 Å². The highest BCUT2D eigenvalue weighted by Crippen LogP contribution is 2.17. The fourth-order valence-electron chi connectivity index (χ4n) is 1.08. The van der Waals surface area contributed by atoms with Crippen molar-refractivity contribution in [2.75, 3.05) is 0 Å². The molecule has 2 aromatic rings. The topological polar surface area (TPSA) is 53.0 Å². The van der Waals surface area contributed by atoms with Gasteiger partial charge in [-0.25, -0.2) is 0 Å². The maximum Gasteiger partial charge on any atom is 0.181 e. The minimum atomic E-state index is 0.679. The Morgan fingerprint density at radius 2 is 2.08 bits per heavy atom. The largest absolute Gasteiger partial charge is 0.619 e. The molecule has 0 saturated heterocycles. The van der Waals surface area contributed by atoms with E-state index in [-0.39, 0.29) is 0 Å². The lowest BCUT2D eigenvalue weighted by atomic mass is 10.2. The molecular formula is C9H8N2O2. The van der Waals surface area contributed by atoms with E-state index in [2.05, 4.69) is 5.16 Å². The lowest BCUT2D eigenvalue weighted by molar-refractivity contribution is -0.605. The molecule has 0 unspecified atom stereocenters. The Bertz CT molecular complexity index is 406. The third-order valence-corrected chi connectivity index (χ3v) is 1.71. The molecule has 0 fully saturated rings.